The lowest BCUT2D eigenvalue weighted by Crippen LogP contribution is -2.28. The van der Waals surface area contributed by atoms with Gasteiger partial charge >= 0.3 is 0 Å². The van der Waals surface area contributed by atoms with Crippen LogP contribution in [0.1, 0.15) is 22.3 Å². The number of benzene rings is 6. The summed E-state index contributed by atoms with van der Waals surface area (Å²) in [6.45, 7) is 0. The third kappa shape index (κ3) is 4.03. The van der Waals surface area contributed by atoms with Crippen molar-refractivity contribution in [2.75, 3.05) is 0 Å². The molecular formula is C41H28N2. The third-order valence-electron chi connectivity index (χ3n) is 8.59. The van der Waals surface area contributed by atoms with Crippen molar-refractivity contribution in [3.63, 3.8) is 0 Å². The minimum absolute atomic E-state index is 0.456. The SMILES string of the molecule is c1ccc(-c2cc(-c3cccc4c3-c3ccccc3C4(c3ccccc3)c3ccccc3)nc(-c3ccccc3)n2)cc1. The van der Waals surface area contributed by atoms with Crippen LogP contribution in [0, 0.1) is 0 Å². The van der Waals surface area contributed by atoms with Gasteiger partial charge in [-0.1, -0.05) is 164 Å². The van der Waals surface area contributed by atoms with Crippen molar-refractivity contribution in [3.8, 4) is 45.0 Å². The molecule has 1 aliphatic rings. The minimum Gasteiger partial charge on any atom is -0.228 e. The Kier molecular flexibility index (Phi) is 6.05. The van der Waals surface area contributed by atoms with Crippen LogP contribution in [0.25, 0.3) is 45.0 Å². The highest BCUT2D eigenvalue weighted by molar-refractivity contribution is 5.95. The van der Waals surface area contributed by atoms with Crippen molar-refractivity contribution in [2.45, 2.75) is 5.41 Å². The van der Waals surface area contributed by atoms with Crippen LogP contribution in [-0.2, 0) is 5.41 Å². The smallest absolute Gasteiger partial charge is 0.160 e. The lowest BCUT2D eigenvalue weighted by Gasteiger charge is -2.33. The van der Waals surface area contributed by atoms with Crippen LogP contribution in [-0.4, -0.2) is 9.97 Å². The Balaban J connectivity index is 1.45. The fourth-order valence-corrected chi connectivity index (χ4v) is 6.76. The number of rotatable bonds is 5. The molecule has 0 unspecified atom stereocenters. The average Bonchev–Trinajstić information content (AvgIpc) is 3.41. The minimum atomic E-state index is -0.456. The third-order valence-corrected chi connectivity index (χ3v) is 8.59. The molecule has 1 heterocycles. The molecule has 202 valence electrons. The molecule has 0 fully saturated rings. The van der Waals surface area contributed by atoms with E-state index in [0.29, 0.717) is 0 Å². The Bertz CT molecular complexity index is 1950. The number of hydrogen-bond donors (Lipinski definition) is 0. The zero-order valence-electron chi connectivity index (χ0n) is 23.6. The Morgan fingerprint density at radius 1 is 0.372 bits per heavy atom. The van der Waals surface area contributed by atoms with E-state index in [-0.39, 0.29) is 0 Å². The molecule has 0 aliphatic heterocycles. The van der Waals surface area contributed by atoms with Gasteiger partial charge in [0.05, 0.1) is 16.8 Å². The lowest BCUT2D eigenvalue weighted by atomic mass is 9.67. The molecule has 8 rings (SSSR count). The molecule has 0 amide bonds. The van der Waals surface area contributed by atoms with Gasteiger partial charge < -0.3 is 0 Å². The molecule has 0 radical (unpaired) electrons. The molecule has 6 aromatic carbocycles. The summed E-state index contributed by atoms with van der Waals surface area (Å²) in [5.74, 6) is 0.721. The van der Waals surface area contributed by atoms with Gasteiger partial charge in [0.2, 0.25) is 0 Å². The molecule has 0 spiro atoms. The Morgan fingerprint density at radius 2 is 0.860 bits per heavy atom. The summed E-state index contributed by atoms with van der Waals surface area (Å²) in [6.07, 6.45) is 0. The molecular weight excluding hydrogens is 520 g/mol. The van der Waals surface area contributed by atoms with Crippen LogP contribution in [0.5, 0.6) is 0 Å². The summed E-state index contributed by atoms with van der Waals surface area (Å²) in [6, 6.07) is 60.2. The predicted molar refractivity (Wildman–Crippen MR) is 176 cm³/mol. The fraction of sp³-hybridized carbons (Fsp3) is 0.0244. The van der Waals surface area contributed by atoms with E-state index in [4.69, 9.17) is 9.97 Å². The highest BCUT2D eigenvalue weighted by Crippen LogP contribution is 2.58. The van der Waals surface area contributed by atoms with Gasteiger partial charge in [0.25, 0.3) is 0 Å². The van der Waals surface area contributed by atoms with E-state index >= 15 is 0 Å². The van der Waals surface area contributed by atoms with Crippen LogP contribution in [0.3, 0.4) is 0 Å². The van der Waals surface area contributed by atoms with Gasteiger partial charge in [-0.3, -0.25) is 0 Å². The summed E-state index contributed by atoms with van der Waals surface area (Å²) in [5, 5.41) is 0. The van der Waals surface area contributed by atoms with Crippen molar-refractivity contribution in [1.29, 1.82) is 0 Å². The van der Waals surface area contributed by atoms with Crippen LogP contribution in [0.15, 0.2) is 170 Å². The zero-order valence-corrected chi connectivity index (χ0v) is 23.6. The van der Waals surface area contributed by atoms with Crippen LogP contribution in [0.4, 0.5) is 0 Å². The molecule has 0 saturated carbocycles. The number of hydrogen-bond acceptors (Lipinski definition) is 2. The van der Waals surface area contributed by atoms with E-state index in [1.165, 1.54) is 33.4 Å². The van der Waals surface area contributed by atoms with Gasteiger partial charge in [0.15, 0.2) is 5.82 Å². The summed E-state index contributed by atoms with van der Waals surface area (Å²) < 4.78 is 0. The number of fused-ring (bicyclic) bond motifs is 3. The van der Waals surface area contributed by atoms with Crippen molar-refractivity contribution in [2.24, 2.45) is 0 Å². The molecule has 43 heavy (non-hydrogen) atoms. The van der Waals surface area contributed by atoms with Crippen LogP contribution >= 0.6 is 0 Å². The van der Waals surface area contributed by atoms with Crippen molar-refractivity contribution in [1.82, 2.24) is 9.97 Å². The van der Waals surface area contributed by atoms with Gasteiger partial charge in [-0.25, -0.2) is 9.97 Å². The van der Waals surface area contributed by atoms with Crippen LogP contribution < -0.4 is 0 Å². The number of aromatic nitrogens is 2. The maximum absolute atomic E-state index is 5.23. The molecule has 0 bridgehead atoms. The van der Waals surface area contributed by atoms with Gasteiger partial charge in [0, 0.05) is 16.7 Å². The summed E-state index contributed by atoms with van der Waals surface area (Å²) in [7, 11) is 0. The predicted octanol–water partition coefficient (Wildman–Crippen LogP) is 9.84. The summed E-state index contributed by atoms with van der Waals surface area (Å²) in [5.41, 5.74) is 12.1. The van der Waals surface area contributed by atoms with Gasteiger partial charge in [0.1, 0.15) is 0 Å². The Hall–Kier alpha value is -5.60. The van der Waals surface area contributed by atoms with E-state index in [2.05, 4.69) is 146 Å². The maximum atomic E-state index is 5.23. The second kappa shape index (κ2) is 10.3. The quantitative estimate of drug-likeness (QED) is 0.214. The standard InChI is InChI=1S/C41H28N2/c1-5-16-29(17-6-1)37-28-38(43-40(42-37)30-18-7-2-8-19-30)34-25-15-27-36-39(34)33-24-13-14-26-35(33)41(36,31-20-9-3-10-21-31)32-22-11-4-12-23-32/h1-28H. The molecule has 7 aromatic rings. The molecule has 2 nitrogen and oxygen atoms in total. The summed E-state index contributed by atoms with van der Waals surface area (Å²) >= 11 is 0. The maximum Gasteiger partial charge on any atom is 0.160 e. The summed E-state index contributed by atoms with van der Waals surface area (Å²) in [4.78, 5) is 10.3. The van der Waals surface area contributed by atoms with E-state index in [1.54, 1.807) is 0 Å². The highest BCUT2D eigenvalue weighted by Gasteiger charge is 2.46. The molecule has 1 aliphatic carbocycles. The topological polar surface area (TPSA) is 25.8 Å². The fourth-order valence-electron chi connectivity index (χ4n) is 6.76. The first kappa shape index (κ1) is 25.1. The van der Waals surface area contributed by atoms with E-state index < -0.39 is 5.41 Å². The Labute approximate surface area is 252 Å². The van der Waals surface area contributed by atoms with Crippen molar-refractivity contribution < 1.29 is 0 Å². The van der Waals surface area contributed by atoms with E-state index in [0.717, 1.165) is 33.9 Å². The first-order chi connectivity index (χ1) is 21.3. The van der Waals surface area contributed by atoms with Gasteiger partial charge in [-0.2, -0.15) is 0 Å². The normalized spacial score (nSPS) is 12.8. The molecule has 1 aromatic heterocycles. The van der Waals surface area contributed by atoms with Gasteiger partial charge in [-0.15, -0.1) is 0 Å². The zero-order chi connectivity index (χ0) is 28.6. The van der Waals surface area contributed by atoms with Crippen molar-refractivity contribution in [3.05, 3.63) is 192 Å². The van der Waals surface area contributed by atoms with E-state index in [1.807, 2.05) is 24.3 Å². The van der Waals surface area contributed by atoms with Crippen molar-refractivity contribution >= 4 is 0 Å². The molecule has 0 N–H and O–H groups in total. The first-order valence-corrected chi connectivity index (χ1v) is 14.7. The monoisotopic (exact) mass is 548 g/mol. The second-order valence-corrected chi connectivity index (χ2v) is 10.9. The second-order valence-electron chi connectivity index (χ2n) is 10.9. The van der Waals surface area contributed by atoms with Gasteiger partial charge in [-0.05, 0) is 39.4 Å². The average molecular weight is 549 g/mol. The van der Waals surface area contributed by atoms with E-state index in [9.17, 15) is 0 Å². The number of nitrogens with zero attached hydrogens (tertiary/aromatic N) is 2. The highest BCUT2D eigenvalue weighted by atomic mass is 14.9. The largest absolute Gasteiger partial charge is 0.228 e. The molecule has 0 atom stereocenters. The molecule has 0 saturated heterocycles. The Morgan fingerprint density at radius 3 is 1.51 bits per heavy atom. The molecule has 2 heteroatoms. The van der Waals surface area contributed by atoms with Crippen LogP contribution in [0.2, 0.25) is 0 Å². The first-order valence-electron chi connectivity index (χ1n) is 14.7. The lowest BCUT2D eigenvalue weighted by molar-refractivity contribution is 0.768.